The molecule has 0 saturated carbocycles. The molecule has 1 fully saturated rings. The highest BCUT2D eigenvalue weighted by molar-refractivity contribution is 6.31. The Kier molecular flexibility index (Phi) is 4.52. The van der Waals surface area contributed by atoms with Crippen LogP contribution < -0.4 is 16.0 Å². The molecule has 2 aromatic rings. The molecule has 0 radical (unpaired) electrons. The topological polar surface area (TPSA) is 75.4 Å². The number of carbonyl (C=O) groups excluding carboxylic acids is 2. The summed E-state index contributed by atoms with van der Waals surface area (Å²) >= 11 is 6.24. The van der Waals surface area contributed by atoms with Gasteiger partial charge in [-0.1, -0.05) is 17.7 Å². The van der Waals surface area contributed by atoms with Gasteiger partial charge in [0.05, 0.1) is 11.3 Å². The molecule has 2 aliphatic rings. The van der Waals surface area contributed by atoms with Gasteiger partial charge < -0.3 is 16.0 Å². The van der Waals surface area contributed by atoms with Crippen molar-refractivity contribution < 1.29 is 14.0 Å². The molecule has 0 bridgehead atoms. The zero-order valence-electron chi connectivity index (χ0n) is 14.6. The Hall–Kier alpha value is -2.60. The molecule has 0 aliphatic carbocycles. The molecule has 2 amide bonds. The minimum Gasteiger partial charge on any atom is -0.371 e. The molecule has 1 saturated heterocycles. The number of hydrogen-bond acceptors (Lipinski definition) is 3. The van der Waals surface area contributed by atoms with Crippen LogP contribution in [0.15, 0.2) is 30.3 Å². The lowest BCUT2D eigenvalue weighted by molar-refractivity contribution is -0.116. The summed E-state index contributed by atoms with van der Waals surface area (Å²) in [4.78, 5) is 26.5. The first-order chi connectivity index (χ1) is 13.0. The zero-order chi connectivity index (χ0) is 19.1. The van der Waals surface area contributed by atoms with Crippen molar-refractivity contribution >= 4 is 34.8 Å². The molecule has 140 valence electrons. The first kappa shape index (κ1) is 17.8. The molecular weight excluding hydrogens is 369 g/mol. The highest BCUT2D eigenvalue weighted by atomic mass is 35.5. The monoisotopic (exact) mass is 387 g/mol. The third-order valence-electron chi connectivity index (χ3n) is 5.27. The average molecular weight is 388 g/mol. The number of halogens is 2. The molecule has 5 nitrogen and oxygen atoms in total. The SMILES string of the molecule is NC(=O)c1cc2c(cc1N1CCCC1)NC(=O)CC2c1c(F)cccc1Cl. The number of nitrogens with one attached hydrogen (secondary N) is 1. The van der Waals surface area contributed by atoms with Crippen LogP contribution in [0, 0.1) is 5.82 Å². The largest absolute Gasteiger partial charge is 0.371 e. The van der Waals surface area contributed by atoms with Crippen LogP contribution in [0.5, 0.6) is 0 Å². The summed E-state index contributed by atoms with van der Waals surface area (Å²) in [7, 11) is 0. The maximum absolute atomic E-state index is 14.5. The maximum atomic E-state index is 14.5. The molecule has 2 aromatic carbocycles. The zero-order valence-corrected chi connectivity index (χ0v) is 15.4. The van der Waals surface area contributed by atoms with Gasteiger partial charge in [0.25, 0.3) is 5.91 Å². The minimum absolute atomic E-state index is 0.0505. The van der Waals surface area contributed by atoms with E-state index < -0.39 is 17.6 Å². The fraction of sp³-hybridized carbons (Fsp3) is 0.300. The van der Waals surface area contributed by atoms with E-state index in [0.29, 0.717) is 22.5 Å². The van der Waals surface area contributed by atoms with Crippen LogP contribution in [0.4, 0.5) is 15.8 Å². The minimum atomic E-state index is -0.576. The molecule has 2 aliphatic heterocycles. The van der Waals surface area contributed by atoms with Crippen molar-refractivity contribution in [1.29, 1.82) is 0 Å². The van der Waals surface area contributed by atoms with Gasteiger partial charge in [-0.25, -0.2) is 4.39 Å². The fourth-order valence-electron chi connectivity index (χ4n) is 4.02. The Morgan fingerprint density at radius 1 is 1.26 bits per heavy atom. The normalized spacial score (nSPS) is 19.0. The van der Waals surface area contributed by atoms with Crippen LogP contribution in [0.1, 0.15) is 46.7 Å². The highest BCUT2D eigenvalue weighted by Gasteiger charge is 2.32. The number of fused-ring (bicyclic) bond motifs is 1. The summed E-state index contributed by atoms with van der Waals surface area (Å²) in [6, 6.07) is 7.90. The molecule has 2 heterocycles. The number of nitrogens with zero attached hydrogens (tertiary/aromatic N) is 1. The first-order valence-electron chi connectivity index (χ1n) is 8.92. The quantitative estimate of drug-likeness (QED) is 0.844. The van der Waals surface area contributed by atoms with Gasteiger partial charge in [-0.15, -0.1) is 0 Å². The van der Waals surface area contributed by atoms with Gasteiger partial charge in [-0.3, -0.25) is 9.59 Å². The van der Waals surface area contributed by atoms with Crippen molar-refractivity contribution in [2.24, 2.45) is 5.73 Å². The number of primary amides is 1. The van der Waals surface area contributed by atoms with Crippen LogP contribution in [-0.2, 0) is 4.79 Å². The van der Waals surface area contributed by atoms with Gasteiger partial charge in [0.2, 0.25) is 5.91 Å². The predicted molar refractivity (Wildman–Crippen MR) is 103 cm³/mol. The Morgan fingerprint density at radius 3 is 2.67 bits per heavy atom. The summed E-state index contributed by atoms with van der Waals surface area (Å²) in [6.45, 7) is 1.66. The van der Waals surface area contributed by atoms with Gasteiger partial charge in [-0.05, 0) is 42.7 Å². The lowest BCUT2D eigenvalue weighted by Crippen LogP contribution is -2.28. The van der Waals surface area contributed by atoms with Crippen LogP contribution in [0.3, 0.4) is 0 Å². The molecule has 1 atom stereocenters. The van der Waals surface area contributed by atoms with E-state index in [0.717, 1.165) is 25.9 Å². The number of amides is 2. The first-order valence-corrected chi connectivity index (χ1v) is 9.30. The molecular formula is C20H19ClFN3O2. The van der Waals surface area contributed by atoms with Gasteiger partial charge in [0.1, 0.15) is 5.82 Å². The van der Waals surface area contributed by atoms with E-state index in [2.05, 4.69) is 10.2 Å². The van der Waals surface area contributed by atoms with Crippen LogP contribution >= 0.6 is 11.6 Å². The third kappa shape index (κ3) is 3.14. The molecule has 27 heavy (non-hydrogen) atoms. The second kappa shape index (κ2) is 6.85. The number of hydrogen-bond donors (Lipinski definition) is 2. The summed E-state index contributed by atoms with van der Waals surface area (Å²) in [5.74, 6) is -1.81. The summed E-state index contributed by atoms with van der Waals surface area (Å²) in [5, 5.41) is 3.10. The summed E-state index contributed by atoms with van der Waals surface area (Å²) in [6.07, 6.45) is 2.12. The smallest absolute Gasteiger partial charge is 0.250 e. The molecule has 4 rings (SSSR count). The Morgan fingerprint density at radius 2 is 2.00 bits per heavy atom. The van der Waals surface area contributed by atoms with Crippen molar-refractivity contribution in [3.8, 4) is 0 Å². The fourth-order valence-corrected chi connectivity index (χ4v) is 4.31. The molecule has 1 unspecified atom stereocenters. The lowest BCUT2D eigenvalue weighted by atomic mass is 9.83. The van der Waals surface area contributed by atoms with E-state index in [1.54, 1.807) is 18.2 Å². The third-order valence-corrected chi connectivity index (χ3v) is 5.60. The number of nitrogens with two attached hydrogens (primary N) is 1. The van der Waals surface area contributed by atoms with Crippen molar-refractivity contribution in [1.82, 2.24) is 0 Å². The van der Waals surface area contributed by atoms with E-state index in [-0.39, 0.29) is 22.9 Å². The Labute approximate surface area is 161 Å². The van der Waals surface area contributed by atoms with Crippen molar-refractivity contribution in [2.75, 3.05) is 23.3 Å². The van der Waals surface area contributed by atoms with E-state index in [1.807, 2.05) is 0 Å². The molecule has 0 aromatic heterocycles. The van der Waals surface area contributed by atoms with Gasteiger partial charge in [-0.2, -0.15) is 0 Å². The van der Waals surface area contributed by atoms with Crippen LogP contribution in [0.2, 0.25) is 5.02 Å². The Balaban J connectivity index is 1.90. The standard InChI is InChI=1S/C20H19ClFN3O2/c21-14-4-3-5-15(22)19(14)12-9-18(26)24-16-10-17(25-6-1-2-7-25)13(20(23)27)8-11(12)16/h3-5,8,10,12H,1-2,6-7,9H2,(H2,23,27)(H,24,26). The maximum Gasteiger partial charge on any atom is 0.250 e. The second-order valence-corrected chi connectivity index (χ2v) is 7.36. The summed E-state index contributed by atoms with van der Waals surface area (Å²) in [5.41, 5.74) is 8.21. The van der Waals surface area contributed by atoms with E-state index >= 15 is 0 Å². The Bertz CT molecular complexity index is 921. The second-order valence-electron chi connectivity index (χ2n) is 6.96. The predicted octanol–water partition coefficient (Wildman–Crippen LogP) is 3.65. The molecule has 3 N–H and O–H groups in total. The van der Waals surface area contributed by atoms with Crippen molar-refractivity contribution in [3.05, 3.63) is 57.9 Å². The van der Waals surface area contributed by atoms with Gasteiger partial charge in [0.15, 0.2) is 0 Å². The summed E-state index contributed by atoms with van der Waals surface area (Å²) < 4.78 is 14.5. The lowest BCUT2D eigenvalue weighted by Gasteiger charge is -2.30. The van der Waals surface area contributed by atoms with Crippen molar-refractivity contribution in [2.45, 2.75) is 25.2 Å². The van der Waals surface area contributed by atoms with E-state index in [4.69, 9.17) is 17.3 Å². The number of carbonyl (C=O) groups is 2. The van der Waals surface area contributed by atoms with E-state index in [9.17, 15) is 14.0 Å². The highest BCUT2D eigenvalue weighted by Crippen LogP contribution is 2.43. The van der Waals surface area contributed by atoms with Gasteiger partial charge in [0, 0.05) is 41.7 Å². The van der Waals surface area contributed by atoms with Crippen LogP contribution in [-0.4, -0.2) is 24.9 Å². The number of rotatable bonds is 3. The number of anilines is 2. The molecule has 0 spiro atoms. The van der Waals surface area contributed by atoms with E-state index in [1.165, 1.54) is 12.1 Å². The van der Waals surface area contributed by atoms with Gasteiger partial charge >= 0.3 is 0 Å². The van der Waals surface area contributed by atoms with Crippen LogP contribution in [0.25, 0.3) is 0 Å². The molecule has 7 heteroatoms. The number of benzene rings is 2. The van der Waals surface area contributed by atoms with Crippen molar-refractivity contribution in [3.63, 3.8) is 0 Å². The average Bonchev–Trinajstić information content (AvgIpc) is 3.14.